The zero-order chi connectivity index (χ0) is 14.9. The minimum Gasteiger partial charge on any atom is -0.497 e. The summed E-state index contributed by atoms with van der Waals surface area (Å²) in [4.78, 5) is 12.3. The summed E-state index contributed by atoms with van der Waals surface area (Å²) in [7, 11) is 3.12. The Balaban J connectivity index is 2.13. The third kappa shape index (κ3) is 2.58. The fourth-order valence-electron chi connectivity index (χ4n) is 2.38. The summed E-state index contributed by atoms with van der Waals surface area (Å²) in [5.74, 6) is 1.06. The van der Waals surface area contributed by atoms with Crippen molar-refractivity contribution in [3.63, 3.8) is 0 Å². The molecule has 1 saturated carbocycles. The number of ether oxygens (including phenoxy) is 2. The number of hydrogen-bond acceptors (Lipinski definition) is 4. The van der Waals surface area contributed by atoms with Crippen LogP contribution in [-0.2, 0) is 0 Å². The average Bonchev–Trinajstić information content (AvgIpc) is 2.46. The van der Waals surface area contributed by atoms with Gasteiger partial charge in [-0.3, -0.25) is 4.79 Å². The largest absolute Gasteiger partial charge is 0.497 e. The molecular weight excluding hydrogens is 256 g/mol. The van der Waals surface area contributed by atoms with Gasteiger partial charge in [-0.05, 0) is 18.6 Å². The van der Waals surface area contributed by atoms with Crippen LogP contribution in [0.3, 0.4) is 0 Å². The van der Waals surface area contributed by atoms with Crippen LogP contribution in [0.25, 0.3) is 0 Å². The molecule has 0 saturated heterocycles. The maximum atomic E-state index is 12.3. The van der Waals surface area contributed by atoms with Crippen LogP contribution in [0.2, 0.25) is 0 Å². The zero-order valence-corrected chi connectivity index (χ0v) is 12.4. The van der Waals surface area contributed by atoms with E-state index >= 15 is 0 Å². The molecule has 5 heteroatoms. The maximum Gasteiger partial charge on any atom is 0.251 e. The van der Waals surface area contributed by atoms with Gasteiger partial charge in [-0.1, -0.05) is 13.8 Å². The number of nitrogens with one attached hydrogen (secondary N) is 1. The summed E-state index contributed by atoms with van der Waals surface area (Å²) >= 11 is 0. The molecule has 1 amide bonds. The highest BCUT2D eigenvalue weighted by Crippen LogP contribution is 2.39. The first-order chi connectivity index (χ1) is 9.38. The summed E-state index contributed by atoms with van der Waals surface area (Å²) in [5, 5.41) is 3.03. The molecule has 2 unspecified atom stereocenters. The van der Waals surface area contributed by atoms with Crippen LogP contribution in [0.15, 0.2) is 18.2 Å². The summed E-state index contributed by atoms with van der Waals surface area (Å²) in [6.45, 7) is 4.14. The third-order valence-corrected chi connectivity index (χ3v) is 4.26. The fourth-order valence-corrected chi connectivity index (χ4v) is 2.38. The first kappa shape index (κ1) is 14.7. The number of hydrogen-bond donors (Lipinski definition) is 2. The summed E-state index contributed by atoms with van der Waals surface area (Å²) in [6.07, 6.45) is 0.805. The Hall–Kier alpha value is -1.75. The molecule has 0 radical (unpaired) electrons. The van der Waals surface area contributed by atoms with Gasteiger partial charge in [-0.2, -0.15) is 0 Å². The maximum absolute atomic E-state index is 12.3. The number of carbonyl (C=O) groups excluding carboxylic acids is 1. The van der Waals surface area contributed by atoms with Gasteiger partial charge in [0, 0.05) is 29.1 Å². The minimum atomic E-state index is -0.132. The number of rotatable bonds is 4. The molecular formula is C15H22N2O3. The predicted molar refractivity (Wildman–Crippen MR) is 77.2 cm³/mol. The molecule has 110 valence electrons. The first-order valence-corrected chi connectivity index (χ1v) is 6.68. The van der Waals surface area contributed by atoms with E-state index in [1.54, 1.807) is 32.4 Å². The number of nitrogens with two attached hydrogens (primary N) is 1. The van der Waals surface area contributed by atoms with E-state index in [4.69, 9.17) is 15.2 Å². The van der Waals surface area contributed by atoms with E-state index in [0.29, 0.717) is 17.1 Å². The highest BCUT2D eigenvalue weighted by Gasteiger charge is 2.46. The van der Waals surface area contributed by atoms with E-state index in [0.717, 1.165) is 6.42 Å². The van der Waals surface area contributed by atoms with Gasteiger partial charge in [0.25, 0.3) is 5.91 Å². The molecule has 0 heterocycles. The van der Waals surface area contributed by atoms with Crippen molar-refractivity contribution in [3.8, 4) is 11.5 Å². The molecule has 20 heavy (non-hydrogen) atoms. The van der Waals surface area contributed by atoms with Crippen molar-refractivity contribution in [2.45, 2.75) is 32.4 Å². The second-order valence-electron chi connectivity index (χ2n) is 5.79. The molecule has 1 aliphatic rings. The van der Waals surface area contributed by atoms with Gasteiger partial charge in [0.15, 0.2) is 0 Å². The van der Waals surface area contributed by atoms with Crippen molar-refractivity contribution in [1.82, 2.24) is 5.32 Å². The highest BCUT2D eigenvalue weighted by atomic mass is 16.5. The number of carbonyl (C=O) groups is 1. The molecule has 1 aliphatic carbocycles. The monoisotopic (exact) mass is 278 g/mol. The molecule has 1 fully saturated rings. The second-order valence-corrected chi connectivity index (χ2v) is 5.79. The second kappa shape index (κ2) is 5.32. The quantitative estimate of drug-likeness (QED) is 0.876. The molecule has 0 aliphatic heterocycles. The van der Waals surface area contributed by atoms with Crippen molar-refractivity contribution in [1.29, 1.82) is 0 Å². The first-order valence-electron chi connectivity index (χ1n) is 6.68. The number of benzene rings is 1. The van der Waals surface area contributed by atoms with Gasteiger partial charge in [0.2, 0.25) is 0 Å². The van der Waals surface area contributed by atoms with Crippen LogP contribution in [0.4, 0.5) is 0 Å². The fraction of sp³-hybridized carbons (Fsp3) is 0.533. The van der Waals surface area contributed by atoms with Crippen molar-refractivity contribution in [2.75, 3.05) is 14.2 Å². The van der Waals surface area contributed by atoms with E-state index in [2.05, 4.69) is 19.2 Å². The van der Waals surface area contributed by atoms with Crippen LogP contribution in [0, 0.1) is 5.41 Å². The van der Waals surface area contributed by atoms with Gasteiger partial charge in [0.05, 0.1) is 14.2 Å². The molecule has 3 N–H and O–H groups in total. The van der Waals surface area contributed by atoms with E-state index in [1.807, 2.05) is 0 Å². The van der Waals surface area contributed by atoms with Crippen molar-refractivity contribution < 1.29 is 14.3 Å². The molecule has 1 aromatic rings. The summed E-state index contributed by atoms with van der Waals surface area (Å²) in [6, 6.07) is 5.36. The van der Waals surface area contributed by atoms with E-state index in [-0.39, 0.29) is 23.4 Å². The number of amides is 1. The summed E-state index contributed by atoms with van der Waals surface area (Å²) in [5.41, 5.74) is 6.42. The SMILES string of the molecule is COc1cc(OC)cc(C(=O)NC2CC(N)C2(C)C)c1. The summed E-state index contributed by atoms with van der Waals surface area (Å²) < 4.78 is 10.3. The lowest BCUT2D eigenvalue weighted by molar-refractivity contribution is 0.0586. The molecule has 1 aromatic carbocycles. The zero-order valence-electron chi connectivity index (χ0n) is 12.4. The molecule has 2 atom stereocenters. The normalized spacial score (nSPS) is 23.6. The predicted octanol–water partition coefficient (Wildman–Crippen LogP) is 1.56. The standard InChI is InChI=1S/C15H22N2O3/c1-15(2)12(16)8-13(15)17-14(18)9-5-10(19-3)7-11(6-9)20-4/h5-7,12-13H,8,16H2,1-4H3,(H,17,18). The van der Waals surface area contributed by atoms with Crippen molar-refractivity contribution >= 4 is 5.91 Å². The van der Waals surface area contributed by atoms with Gasteiger partial charge >= 0.3 is 0 Å². The number of methoxy groups -OCH3 is 2. The van der Waals surface area contributed by atoms with Crippen molar-refractivity contribution in [3.05, 3.63) is 23.8 Å². The third-order valence-electron chi connectivity index (χ3n) is 4.26. The van der Waals surface area contributed by atoms with Gasteiger partial charge in [0.1, 0.15) is 11.5 Å². The Morgan fingerprint density at radius 3 is 2.20 bits per heavy atom. The topological polar surface area (TPSA) is 73.6 Å². The van der Waals surface area contributed by atoms with E-state index in [9.17, 15) is 4.79 Å². The van der Waals surface area contributed by atoms with Crippen molar-refractivity contribution in [2.24, 2.45) is 11.1 Å². The Labute approximate surface area is 119 Å². The van der Waals surface area contributed by atoms with Gasteiger partial charge < -0.3 is 20.5 Å². The molecule has 0 bridgehead atoms. The van der Waals surface area contributed by atoms with Crippen LogP contribution < -0.4 is 20.5 Å². The van der Waals surface area contributed by atoms with Gasteiger partial charge in [-0.15, -0.1) is 0 Å². The lowest BCUT2D eigenvalue weighted by Gasteiger charge is -2.50. The van der Waals surface area contributed by atoms with Gasteiger partial charge in [-0.25, -0.2) is 0 Å². The molecule has 2 rings (SSSR count). The average molecular weight is 278 g/mol. The Morgan fingerprint density at radius 1 is 1.25 bits per heavy atom. The van der Waals surface area contributed by atoms with Crippen LogP contribution in [-0.4, -0.2) is 32.2 Å². The lowest BCUT2D eigenvalue weighted by Crippen LogP contribution is -2.64. The Bertz CT molecular complexity index is 492. The molecule has 5 nitrogen and oxygen atoms in total. The van der Waals surface area contributed by atoms with Crippen LogP contribution >= 0.6 is 0 Å². The minimum absolute atomic E-state index is 0.0708. The molecule has 0 aromatic heterocycles. The Kier molecular flexibility index (Phi) is 3.90. The van der Waals surface area contributed by atoms with Crippen LogP contribution in [0.5, 0.6) is 11.5 Å². The van der Waals surface area contributed by atoms with Crippen LogP contribution in [0.1, 0.15) is 30.6 Å². The Morgan fingerprint density at radius 2 is 1.80 bits per heavy atom. The lowest BCUT2D eigenvalue weighted by atomic mass is 9.63. The molecule has 0 spiro atoms. The highest BCUT2D eigenvalue weighted by molar-refractivity contribution is 5.95. The van der Waals surface area contributed by atoms with E-state index in [1.165, 1.54) is 0 Å². The smallest absolute Gasteiger partial charge is 0.251 e. The van der Waals surface area contributed by atoms with E-state index < -0.39 is 0 Å².